The molecule has 0 aliphatic rings. The molecule has 0 aliphatic heterocycles. The minimum atomic E-state index is -0.366. The molecule has 0 saturated carbocycles. The van der Waals surface area contributed by atoms with E-state index in [1.165, 1.54) is 0 Å². The van der Waals surface area contributed by atoms with Gasteiger partial charge in [-0.1, -0.05) is 41.6 Å². The Morgan fingerprint density at radius 1 is 1.00 bits per heavy atom. The molecule has 0 amide bonds. The summed E-state index contributed by atoms with van der Waals surface area (Å²) < 4.78 is 20.9. The van der Waals surface area contributed by atoms with E-state index in [0.29, 0.717) is 23.0 Å². The van der Waals surface area contributed by atoms with E-state index >= 15 is 0 Å². The summed E-state index contributed by atoms with van der Waals surface area (Å²) in [6.45, 7) is 0.0337. The van der Waals surface area contributed by atoms with E-state index < -0.39 is 0 Å². The van der Waals surface area contributed by atoms with Gasteiger partial charge in [-0.15, -0.1) is 0 Å². The van der Waals surface area contributed by atoms with Crippen molar-refractivity contribution in [2.45, 2.75) is 13.0 Å². The number of hydrogen-bond acceptors (Lipinski definition) is 6. The minimum absolute atomic E-state index is 0.0337. The van der Waals surface area contributed by atoms with Crippen LogP contribution in [0.5, 0.6) is 11.5 Å². The number of aromatic nitrogens is 1. The number of nitrogens with zero attached hydrogens (tertiary/aromatic N) is 1. The Morgan fingerprint density at radius 3 is 2.50 bits per heavy atom. The Bertz CT molecular complexity index is 873. The van der Waals surface area contributed by atoms with Gasteiger partial charge in [0.25, 0.3) is 0 Å². The zero-order valence-corrected chi connectivity index (χ0v) is 14.6. The van der Waals surface area contributed by atoms with Crippen LogP contribution >= 0.6 is 0 Å². The van der Waals surface area contributed by atoms with E-state index in [-0.39, 0.29) is 19.0 Å². The molecule has 2 aromatic carbocycles. The molecule has 6 heteroatoms. The molecule has 0 atom stereocenters. The second-order valence-electron chi connectivity index (χ2n) is 5.57. The lowest BCUT2D eigenvalue weighted by atomic mass is 10.1. The van der Waals surface area contributed by atoms with Crippen molar-refractivity contribution >= 4 is 5.97 Å². The van der Waals surface area contributed by atoms with Crippen LogP contribution in [0.15, 0.2) is 59.1 Å². The maximum Gasteiger partial charge on any atom is 0.310 e. The summed E-state index contributed by atoms with van der Waals surface area (Å²) >= 11 is 0. The normalized spacial score (nSPS) is 10.4. The highest BCUT2D eigenvalue weighted by Crippen LogP contribution is 2.27. The van der Waals surface area contributed by atoms with Crippen molar-refractivity contribution < 1.29 is 23.5 Å². The lowest BCUT2D eigenvalue weighted by Crippen LogP contribution is -2.08. The van der Waals surface area contributed by atoms with Gasteiger partial charge in [0, 0.05) is 11.6 Å². The molecular formula is C20H19NO5. The summed E-state index contributed by atoms with van der Waals surface area (Å²) in [6, 6.07) is 16.7. The van der Waals surface area contributed by atoms with Gasteiger partial charge in [0.1, 0.15) is 5.69 Å². The number of esters is 1. The van der Waals surface area contributed by atoms with Crippen LogP contribution in [0, 0.1) is 0 Å². The number of hydrogen-bond donors (Lipinski definition) is 0. The molecule has 0 aliphatic carbocycles. The number of methoxy groups -OCH3 is 2. The molecule has 3 aromatic rings. The first-order valence-electron chi connectivity index (χ1n) is 8.07. The Balaban J connectivity index is 1.57. The molecule has 0 fully saturated rings. The first-order chi connectivity index (χ1) is 12.7. The molecule has 0 unspecified atom stereocenters. The van der Waals surface area contributed by atoms with Gasteiger partial charge in [-0.05, 0) is 17.7 Å². The summed E-state index contributed by atoms with van der Waals surface area (Å²) in [7, 11) is 3.11. The van der Waals surface area contributed by atoms with Crippen LogP contribution in [0.4, 0.5) is 0 Å². The number of benzene rings is 2. The third kappa shape index (κ3) is 4.22. The molecule has 6 nitrogen and oxygen atoms in total. The first kappa shape index (κ1) is 17.5. The molecule has 0 radical (unpaired) electrons. The highest BCUT2D eigenvalue weighted by molar-refractivity contribution is 5.73. The first-order valence-corrected chi connectivity index (χ1v) is 8.07. The van der Waals surface area contributed by atoms with Gasteiger partial charge in [0.2, 0.25) is 0 Å². The lowest BCUT2D eigenvalue weighted by molar-refractivity contribution is -0.144. The number of carbonyl (C=O) groups is 1. The van der Waals surface area contributed by atoms with E-state index in [1.807, 2.05) is 30.3 Å². The van der Waals surface area contributed by atoms with Crippen molar-refractivity contribution in [3.63, 3.8) is 0 Å². The fraction of sp³-hybridized carbons (Fsp3) is 0.200. The van der Waals surface area contributed by atoms with E-state index in [1.54, 1.807) is 38.5 Å². The van der Waals surface area contributed by atoms with Gasteiger partial charge in [-0.2, -0.15) is 0 Å². The van der Waals surface area contributed by atoms with Crippen molar-refractivity contribution in [2.24, 2.45) is 0 Å². The number of carbonyl (C=O) groups excluding carboxylic acids is 1. The minimum Gasteiger partial charge on any atom is -0.493 e. The molecule has 3 rings (SSSR count). The average Bonchev–Trinajstić information content (AvgIpc) is 3.16. The standard InChI is InChI=1S/C20H19NO5/c1-23-18-9-8-14(10-19(18)24-2)11-20(22)25-13-16-12-17(21-26-16)15-6-4-3-5-7-15/h3-10,12H,11,13H2,1-2H3. The van der Waals surface area contributed by atoms with E-state index in [9.17, 15) is 4.79 Å². The van der Waals surface area contributed by atoms with Crippen LogP contribution in [0.2, 0.25) is 0 Å². The smallest absolute Gasteiger partial charge is 0.310 e. The predicted molar refractivity (Wildman–Crippen MR) is 95.0 cm³/mol. The van der Waals surface area contributed by atoms with Crippen LogP contribution in [0.1, 0.15) is 11.3 Å². The number of rotatable bonds is 7. The molecule has 0 N–H and O–H groups in total. The van der Waals surface area contributed by atoms with Gasteiger partial charge in [-0.3, -0.25) is 4.79 Å². The highest BCUT2D eigenvalue weighted by Gasteiger charge is 2.12. The molecule has 0 bridgehead atoms. The van der Waals surface area contributed by atoms with Gasteiger partial charge >= 0.3 is 5.97 Å². The summed E-state index contributed by atoms with van der Waals surface area (Å²) in [5.41, 5.74) is 2.42. The Morgan fingerprint density at radius 2 is 1.77 bits per heavy atom. The zero-order valence-electron chi connectivity index (χ0n) is 14.6. The third-order valence-corrected chi connectivity index (χ3v) is 3.80. The topological polar surface area (TPSA) is 70.8 Å². The van der Waals surface area contributed by atoms with Crippen LogP contribution in [-0.2, 0) is 22.6 Å². The van der Waals surface area contributed by atoms with Crippen LogP contribution in [0.3, 0.4) is 0 Å². The monoisotopic (exact) mass is 353 g/mol. The summed E-state index contributed by atoms with van der Waals surface area (Å²) in [5.74, 6) is 1.31. The van der Waals surface area contributed by atoms with Crippen LogP contribution in [-0.4, -0.2) is 25.3 Å². The van der Waals surface area contributed by atoms with Crippen molar-refractivity contribution in [1.29, 1.82) is 0 Å². The van der Waals surface area contributed by atoms with Gasteiger partial charge < -0.3 is 18.7 Å². The summed E-state index contributed by atoms with van der Waals surface area (Å²) in [4.78, 5) is 12.1. The van der Waals surface area contributed by atoms with Gasteiger partial charge in [-0.25, -0.2) is 0 Å². The third-order valence-electron chi connectivity index (χ3n) is 3.80. The average molecular weight is 353 g/mol. The molecule has 1 aromatic heterocycles. The fourth-order valence-electron chi connectivity index (χ4n) is 2.49. The molecule has 1 heterocycles. The zero-order chi connectivity index (χ0) is 18.4. The predicted octanol–water partition coefficient (Wildman–Crippen LogP) is 3.64. The lowest BCUT2D eigenvalue weighted by Gasteiger charge is -2.09. The highest BCUT2D eigenvalue weighted by atomic mass is 16.5. The maximum atomic E-state index is 12.1. The van der Waals surface area contributed by atoms with Crippen molar-refractivity contribution in [3.8, 4) is 22.8 Å². The van der Waals surface area contributed by atoms with E-state index in [2.05, 4.69) is 5.16 Å². The second-order valence-corrected chi connectivity index (χ2v) is 5.57. The van der Waals surface area contributed by atoms with Crippen molar-refractivity contribution in [1.82, 2.24) is 5.16 Å². The quantitative estimate of drug-likeness (QED) is 0.604. The van der Waals surface area contributed by atoms with Gasteiger partial charge in [0.05, 0.1) is 20.6 Å². The van der Waals surface area contributed by atoms with E-state index in [0.717, 1.165) is 11.1 Å². The number of ether oxygens (including phenoxy) is 3. The van der Waals surface area contributed by atoms with Crippen molar-refractivity contribution in [2.75, 3.05) is 14.2 Å². The molecule has 0 saturated heterocycles. The van der Waals surface area contributed by atoms with Gasteiger partial charge in [0.15, 0.2) is 23.9 Å². The molecule has 134 valence electrons. The van der Waals surface area contributed by atoms with Crippen LogP contribution in [0.25, 0.3) is 11.3 Å². The molecule has 0 spiro atoms. The fourth-order valence-corrected chi connectivity index (χ4v) is 2.49. The second kappa shape index (κ2) is 8.20. The Hall–Kier alpha value is -3.28. The van der Waals surface area contributed by atoms with E-state index in [4.69, 9.17) is 18.7 Å². The summed E-state index contributed by atoms with van der Waals surface area (Å²) in [6.07, 6.45) is 0.125. The SMILES string of the molecule is COc1ccc(CC(=O)OCc2cc(-c3ccccc3)no2)cc1OC. The maximum absolute atomic E-state index is 12.1. The van der Waals surface area contributed by atoms with Crippen molar-refractivity contribution in [3.05, 3.63) is 65.9 Å². The largest absolute Gasteiger partial charge is 0.493 e. The molecular weight excluding hydrogens is 334 g/mol. The molecule has 26 heavy (non-hydrogen) atoms. The Labute approximate surface area is 151 Å². The Kier molecular flexibility index (Phi) is 5.53. The van der Waals surface area contributed by atoms with Crippen LogP contribution < -0.4 is 9.47 Å². The summed E-state index contributed by atoms with van der Waals surface area (Å²) in [5, 5.41) is 3.99.